The fourth-order valence-corrected chi connectivity index (χ4v) is 3.56. The molecule has 2 fully saturated rings. The number of carbonyl (C=O) groups is 1. The van der Waals surface area contributed by atoms with Gasteiger partial charge in [-0.05, 0) is 49.7 Å². The van der Waals surface area contributed by atoms with Crippen LogP contribution in [0.25, 0.3) is 11.4 Å². The molecular formula is C18H22N4O. The van der Waals surface area contributed by atoms with Gasteiger partial charge in [0.25, 0.3) is 5.91 Å². The number of piperidine rings is 1. The SMILES string of the molecule is Cn1cnc(-c2ccc(C(=O)N3CCCC(C4CC4)C3)cc2)n1. The summed E-state index contributed by atoms with van der Waals surface area (Å²) in [6, 6.07) is 7.67. The van der Waals surface area contributed by atoms with Crippen molar-refractivity contribution in [3.63, 3.8) is 0 Å². The van der Waals surface area contributed by atoms with E-state index in [1.54, 1.807) is 11.0 Å². The molecule has 120 valence electrons. The van der Waals surface area contributed by atoms with Crippen LogP contribution in [0.3, 0.4) is 0 Å². The van der Waals surface area contributed by atoms with Crippen molar-refractivity contribution in [1.29, 1.82) is 0 Å². The van der Waals surface area contributed by atoms with Gasteiger partial charge in [0.1, 0.15) is 6.33 Å². The summed E-state index contributed by atoms with van der Waals surface area (Å²) in [5.41, 5.74) is 1.71. The highest BCUT2D eigenvalue weighted by molar-refractivity contribution is 5.94. The Balaban J connectivity index is 1.47. The number of likely N-dealkylation sites (tertiary alicyclic amines) is 1. The summed E-state index contributed by atoms with van der Waals surface area (Å²) in [6.45, 7) is 1.83. The number of aromatic nitrogens is 3. The summed E-state index contributed by atoms with van der Waals surface area (Å²) in [7, 11) is 1.85. The lowest BCUT2D eigenvalue weighted by molar-refractivity contribution is 0.0660. The fraction of sp³-hybridized carbons (Fsp3) is 0.500. The largest absolute Gasteiger partial charge is 0.338 e. The highest BCUT2D eigenvalue weighted by atomic mass is 16.2. The van der Waals surface area contributed by atoms with E-state index >= 15 is 0 Å². The zero-order chi connectivity index (χ0) is 15.8. The lowest BCUT2D eigenvalue weighted by Gasteiger charge is -2.33. The molecule has 1 aromatic heterocycles. The molecule has 1 unspecified atom stereocenters. The van der Waals surface area contributed by atoms with Gasteiger partial charge >= 0.3 is 0 Å². The predicted molar refractivity (Wildman–Crippen MR) is 87.8 cm³/mol. The number of hydrogen-bond acceptors (Lipinski definition) is 3. The number of rotatable bonds is 3. The van der Waals surface area contributed by atoms with Crippen LogP contribution in [-0.4, -0.2) is 38.7 Å². The normalized spacial score (nSPS) is 21.4. The van der Waals surface area contributed by atoms with Crippen LogP contribution >= 0.6 is 0 Å². The molecular weight excluding hydrogens is 288 g/mol. The number of benzene rings is 1. The maximum atomic E-state index is 12.7. The van der Waals surface area contributed by atoms with Crippen LogP contribution in [0.5, 0.6) is 0 Å². The standard InChI is InChI=1S/C18H22N4O/c1-21-12-19-17(20-21)14-6-8-15(9-7-14)18(23)22-10-2-3-16(11-22)13-4-5-13/h6-9,12-13,16H,2-5,10-11H2,1H3. The Morgan fingerprint density at radius 3 is 2.57 bits per heavy atom. The van der Waals surface area contributed by atoms with Crippen LogP contribution in [0.1, 0.15) is 36.0 Å². The second-order valence-electron chi connectivity index (χ2n) is 6.81. The topological polar surface area (TPSA) is 51.0 Å². The lowest BCUT2D eigenvalue weighted by Crippen LogP contribution is -2.40. The molecule has 0 spiro atoms. The first kappa shape index (κ1) is 14.4. The average Bonchev–Trinajstić information content (AvgIpc) is 3.36. The van der Waals surface area contributed by atoms with E-state index in [9.17, 15) is 4.79 Å². The van der Waals surface area contributed by atoms with Gasteiger partial charge in [-0.1, -0.05) is 12.1 Å². The van der Waals surface area contributed by atoms with E-state index in [1.807, 2.05) is 36.2 Å². The van der Waals surface area contributed by atoms with Crippen molar-refractivity contribution in [1.82, 2.24) is 19.7 Å². The van der Waals surface area contributed by atoms with E-state index in [4.69, 9.17) is 0 Å². The van der Waals surface area contributed by atoms with Gasteiger partial charge in [-0.15, -0.1) is 0 Å². The molecule has 2 heterocycles. The molecule has 1 saturated heterocycles. The van der Waals surface area contributed by atoms with E-state index in [0.717, 1.165) is 42.5 Å². The first-order valence-corrected chi connectivity index (χ1v) is 8.46. The van der Waals surface area contributed by atoms with Gasteiger partial charge in [-0.2, -0.15) is 5.10 Å². The van der Waals surface area contributed by atoms with E-state index < -0.39 is 0 Å². The Kier molecular flexibility index (Phi) is 3.63. The summed E-state index contributed by atoms with van der Waals surface area (Å²) >= 11 is 0. The smallest absolute Gasteiger partial charge is 0.253 e. The Hall–Kier alpha value is -2.17. The number of carbonyl (C=O) groups excluding carboxylic acids is 1. The fourth-order valence-electron chi connectivity index (χ4n) is 3.56. The van der Waals surface area contributed by atoms with Crippen molar-refractivity contribution < 1.29 is 4.79 Å². The molecule has 1 amide bonds. The van der Waals surface area contributed by atoms with Gasteiger partial charge in [-0.3, -0.25) is 9.48 Å². The predicted octanol–water partition coefficient (Wildman–Crippen LogP) is 2.74. The zero-order valence-electron chi connectivity index (χ0n) is 13.5. The Labute approximate surface area is 136 Å². The van der Waals surface area contributed by atoms with Crippen LogP contribution < -0.4 is 0 Å². The first-order chi connectivity index (χ1) is 11.2. The minimum Gasteiger partial charge on any atom is -0.338 e. The minimum atomic E-state index is 0.163. The van der Waals surface area contributed by atoms with Gasteiger partial charge in [0.05, 0.1) is 0 Å². The van der Waals surface area contributed by atoms with E-state index in [2.05, 4.69) is 10.1 Å². The highest BCUT2D eigenvalue weighted by Crippen LogP contribution is 2.41. The molecule has 4 rings (SSSR count). The van der Waals surface area contributed by atoms with Crippen LogP contribution in [0.15, 0.2) is 30.6 Å². The van der Waals surface area contributed by atoms with Crippen molar-refractivity contribution in [3.8, 4) is 11.4 Å². The number of nitrogens with zero attached hydrogens (tertiary/aromatic N) is 4. The van der Waals surface area contributed by atoms with Crippen molar-refractivity contribution in [2.45, 2.75) is 25.7 Å². The molecule has 1 saturated carbocycles. The summed E-state index contributed by atoms with van der Waals surface area (Å²) in [5, 5.41) is 4.29. The summed E-state index contributed by atoms with van der Waals surface area (Å²) in [4.78, 5) is 19.0. The molecule has 1 atom stereocenters. The molecule has 0 radical (unpaired) electrons. The van der Waals surface area contributed by atoms with Gasteiger partial charge in [-0.25, -0.2) is 4.98 Å². The number of aryl methyl sites for hydroxylation is 1. The van der Waals surface area contributed by atoms with Crippen LogP contribution in [0, 0.1) is 11.8 Å². The van der Waals surface area contributed by atoms with Crippen LogP contribution in [0.2, 0.25) is 0 Å². The van der Waals surface area contributed by atoms with E-state index in [0.29, 0.717) is 5.82 Å². The summed E-state index contributed by atoms with van der Waals surface area (Å²) < 4.78 is 1.68. The maximum Gasteiger partial charge on any atom is 0.253 e. The molecule has 1 aromatic carbocycles. The third-order valence-electron chi connectivity index (χ3n) is 5.02. The van der Waals surface area contributed by atoms with Crippen molar-refractivity contribution in [2.24, 2.45) is 18.9 Å². The number of amides is 1. The molecule has 5 heteroatoms. The first-order valence-electron chi connectivity index (χ1n) is 8.46. The third-order valence-corrected chi connectivity index (χ3v) is 5.02. The minimum absolute atomic E-state index is 0.163. The van der Waals surface area contributed by atoms with Gasteiger partial charge in [0, 0.05) is 31.3 Å². The molecule has 5 nitrogen and oxygen atoms in total. The highest BCUT2D eigenvalue weighted by Gasteiger charge is 2.35. The third kappa shape index (κ3) is 3.00. The molecule has 2 aromatic rings. The Bertz CT molecular complexity index is 702. The zero-order valence-corrected chi connectivity index (χ0v) is 13.5. The maximum absolute atomic E-state index is 12.7. The van der Waals surface area contributed by atoms with Crippen molar-refractivity contribution >= 4 is 5.91 Å². The van der Waals surface area contributed by atoms with E-state index in [-0.39, 0.29) is 5.91 Å². The quantitative estimate of drug-likeness (QED) is 0.876. The average molecular weight is 310 g/mol. The lowest BCUT2D eigenvalue weighted by atomic mass is 9.93. The van der Waals surface area contributed by atoms with Crippen LogP contribution in [0.4, 0.5) is 0 Å². The van der Waals surface area contributed by atoms with Gasteiger partial charge < -0.3 is 4.90 Å². The summed E-state index contributed by atoms with van der Waals surface area (Å²) in [5.74, 6) is 2.46. The van der Waals surface area contributed by atoms with Crippen molar-refractivity contribution in [3.05, 3.63) is 36.2 Å². The molecule has 0 bridgehead atoms. The van der Waals surface area contributed by atoms with Crippen LogP contribution in [-0.2, 0) is 7.05 Å². The molecule has 1 aliphatic heterocycles. The molecule has 1 aliphatic carbocycles. The Morgan fingerprint density at radius 2 is 1.91 bits per heavy atom. The second kappa shape index (κ2) is 5.80. The second-order valence-corrected chi connectivity index (χ2v) is 6.81. The van der Waals surface area contributed by atoms with Crippen molar-refractivity contribution in [2.75, 3.05) is 13.1 Å². The molecule has 23 heavy (non-hydrogen) atoms. The van der Waals surface area contributed by atoms with E-state index in [1.165, 1.54) is 19.3 Å². The Morgan fingerprint density at radius 1 is 1.13 bits per heavy atom. The molecule has 2 aliphatic rings. The van der Waals surface area contributed by atoms with Gasteiger partial charge in [0.2, 0.25) is 0 Å². The molecule has 0 N–H and O–H groups in total. The number of hydrogen-bond donors (Lipinski definition) is 0. The monoisotopic (exact) mass is 310 g/mol. The summed E-state index contributed by atoms with van der Waals surface area (Å²) in [6.07, 6.45) is 6.83. The van der Waals surface area contributed by atoms with Gasteiger partial charge in [0.15, 0.2) is 5.82 Å².